The third-order valence-corrected chi connectivity index (χ3v) is 6.13. The summed E-state index contributed by atoms with van der Waals surface area (Å²) in [7, 11) is 0.489. The zero-order valence-electron chi connectivity index (χ0n) is 15.3. The lowest BCUT2D eigenvalue weighted by Gasteiger charge is -2.24. The maximum atomic E-state index is 11.7. The lowest BCUT2D eigenvalue weighted by Crippen LogP contribution is -2.33. The first kappa shape index (κ1) is 19.2. The van der Waals surface area contributed by atoms with E-state index in [1.54, 1.807) is 7.11 Å². The Bertz CT molecular complexity index is 860. The summed E-state index contributed by atoms with van der Waals surface area (Å²) in [6.07, 6.45) is 2.13. The number of hydrogen-bond acceptors (Lipinski definition) is 9. The van der Waals surface area contributed by atoms with E-state index in [4.69, 9.17) is 9.47 Å². The van der Waals surface area contributed by atoms with E-state index < -0.39 is 9.84 Å². The van der Waals surface area contributed by atoms with Crippen LogP contribution >= 0.6 is 0 Å². The monoisotopic (exact) mass is 393 g/mol. The molecule has 1 aromatic carbocycles. The number of anilines is 2. The molecule has 1 aliphatic rings. The molecule has 0 spiro atoms. The molecule has 1 N–H and O–H groups in total. The number of rotatable bonds is 8. The van der Waals surface area contributed by atoms with Gasteiger partial charge in [0.2, 0.25) is 5.95 Å². The standard InChI is InChI=1S/C17H23N5O4S/c1-22(13-7-10-27(23,24)12-13)16-11-19-21-17(20-16)18-8-9-26-15-5-3-14(25-2)4-6-15/h3-6,11,13H,7-10,12H2,1-2H3,(H,18,20,21). The number of nitrogens with one attached hydrogen (secondary N) is 1. The highest BCUT2D eigenvalue weighted by Gasteiger charge is 2.31. The number of aromatic nitrogens is 3. The molecule has 3 rings (SSSR count). The minimum absolute atomic E-state index is 0.0852. The molecule has 0 aliphatic carbocycles. The lowest BCUT2D eigenvalue weighted by molar-refractivity contribution is 0.331. The molecule has 1 aromatic heterocycles. The highest BCUT2D eigenvalue weighted by Crippen LogP contribution is 2.21. The fourth-order valence-electron chi connectivity index (χ4n) is 2.81. The summed E-state index contributed by atoms with van der Waals surface area (Å²) >= 11 is 0. The van der Waals surface area contributed by atoms with E-state index >= 15 is 0 Å². The highest BCUT2D eigenvalue weighted by molar-refractivity contribution is 7.91. The van der Waals surface area contributed by atoms with E-state index in [2.05, 4.69) is 20.5 Å². The second-order valence-electron chi connectivity index (χ2n) is 6.26. The Hall–Kier alpha value is -2.62. The van der Waals surface area contributed by atoms with Gasteiger partial charge in [0.15, 0.2) is 15.7 Å². The van der Waals surface area contributed by atoms with Crippen molar-refractivity contribution in [3.8, 4) is 11.5 Å². The third kappa shape index (κ3) is 5.19. The van der Waals surface area contributed by atoms with Gasteiger partial charge in [0.05, 0.1) is 31.4 Å². The summed E-state index contributed by atoms with van der Waals surface area (Å²) in [5.41, 5.74) is 0. The normalized spacial score (nSPS) is 18.1. The summed E-state index contributed by atoms with van der Waals surface area (Å²) < 4.78 is 34.1. The molecule has 0 amide bonds. The first-order chi connectivity index (χ1) is 13.0. The Morgan fingerprint density at radius 1 is 1.26 bits per heavy atom. The van der Waals surface area contributed by atoms with Crippen LogP contribution < -0.4 is 19.7 Å². The third-order valence-electron chi connectivity index (χ3n) is 4.38. The fourth-order valence-corrected chi connectivity index (χ4v) is 4.59. The van der Waals surface area contributed by atoms with Crippen LogP contribution in [-0.2, 0) is 9.84 Å². The van der Waals surface area contributed by atoms with Crippen LogP contribution in [0.2, 0.25) is 0 Å². The van der Waals surface area contributed by atoms with Crippen molar-refractivity contribution < 1.29 is 17.9 Å². The molecular weight excluding hydrogens is 370 g/mol. The number of sulfone groups is 1. The predicted molar refractivity (Wildman–Crippen MR) is 102 cm³/mol. The second-order valence-corrected chi connectivity index (χ2v) is 8.49. The molecule has 2 aromatic rings. The second kappa shape index (κ2) is 8.38. The SMILES string of the molecule is COc1ccc(OCCNc2nncc(N(C)C3CCS(=O)(=O)C3)n2)cc1. The van der Waals surface area contributed by atoms with Crippen molar-refractivity contribution in [2.24, 2.45) is 0 Å². The Morgan fingerprint density at radius 2 is 2.00 bits per heavy atom. The molecule has 1 saturated heterocycles. The number of nitrogens with zero attached hydrogens (tertiary/aromatic N) is 4. The number of hydrogen-bond donors (Lipinski definition) is 1. The molecular formula is C17H23N5O4S. The molecule has 2 heterocycles. The van der Waals surface area contributed by atoms with Gasteiger partial charge < -0.3 is 19.7 Å². The van der Waals surface area contributed by atoms with Gasteiger partial charge in [0.1, 0.15) is 18.1 Å². The van der Waals surface area contributed by atoms with Gasteiger partial charge in [-0.3, -0.25) is 0 Å². The van der Waals surface area contributed by atoms with Crippen LogP contribution in [0.5, 0.6) is 11.5 Å². The van der Waals surface area contributed by atoms with Gasteiger partial charge >= 0.3 is 0 Å². The van der Waals surface area contributed by atoms with Crippen LogP contribution in [-0.4, -0.2) is 68.5 Å². The number of methoxy groups -OCH3 is 1. The number of ether oxygens (including phenoxy) is 2. The van der Waals surface area contributed by atoms with Gasteiger partial charge in [-0.05, 0) is 30.7 Å². The summed E-state index contributed by atoms with van der Waals surface area (Å²) in [5.74, 6) is 2.84. The van der Waals surface area contributed by atoms with Crippen LogP contribution in [0.4, 0.5) is 11.8 Å². The van der Waals surface area contributed by atoms with Crippen LogP contribution in [0.15, 0.2) is 30.5 Å². The minimum Gasteiger partial charge on any atom is -0.497 e. The van der Waals surface area contributed by atoms with Crippen LogP contribution in [0.3, 0.4) is 0 Å². The molecule has 146 valence electrons. The molecule has 1 unspecified atom stereocenters. The quantitative estimate of drug-likeness (QED) is 0.657. The summed E-state index contributed by atoms with van der Waals surface area (Å²) in [6, 6.07) is 7.25. The van der Waals surface area contributed by atoms with Crippen molar-refractivity contribution in [2.45, 2.75) is 12.5 Å². The molecule has 10 heteroatoms. The molecule has 0 bridgehead atoms. The zero-order chi connectivity index (χ0) is 19.3. The lowest BCUT2D eigenvalue weighted by atomic mass is 10.2. The fraction of sp³-hybridized carbons (Fsp3) is 0.471. The first-order valence-electron chi connectivity index (χ1n) is 8.60. The van der Waals surface area contributed by atoms with E-state index in [-0.39, 0.29) is 17.5 Å². The zero-order valence-corrected chi connectivity index (χ0v) is 16.1. The van der Waals surface area contributed by atoms with E-state index in [1.165, 1.54) is 6.20 Å². The maximum absolute atomic E-state index is 11.7. The first-order valence-corrected chi connectivity index (χ1v) is 10.4. The Kier molecular flexibility index (Phi) is 5.94. The van der Waals surface area contributed by atoms with Gasteiger partial charge in [-0.2, -0.15) is 10.1 Å². The highest BCUT2D eigenvalue weighted by atomic mass is 32.2. The van der Waals surface area contributed by atoms with Crippen LogP contribution in [0.1, 0.15) is 6.42 Å². The molecule has 9 nitrogen and oxygen atoms in total. The summed E-state index contributed by atoms with van der Waals surface area (Å²) in [4.78, 5) is 6.25. The van der Waals surface area contributed by atoms with E-state index in [0.29, 0.717) is 31.3 Å². The van der Waals surface area contributed by atoms with Crippen molar-refractivity contribution in [3.63, 3.8) is 0 Å². The van der Waals surface area contributed by atoms with Gasteiger partial charge in [0, 0.05) is 13.1 Å². The van der Waals surface area contributed by atoms with Gasteiger partial charge in [-0.15, -0.1) is 5.10 Å². The Balaban J connectivity index is 1.50. The largest absolute Gasteiger partial charge is 0.497 e. The summed E-state index contributed by atoms with van der Waals surface area (Å²) in [6.45, 7) is 0.926. The predicted octanol–water partition coefficient (Wildman–Crippen LogP) is 0.994. The van der Waals surface area contributed by atoms with E-state index in [1.807, 2.05) is 36.2 Å². The average Bonchev–Trinajstić information content (AvgIpc) is 3.05. The van der Waals surface area contributed by atoms with E-state index in [0.717, 1.165) is 11.5 Å². The van der Waals surface area contributed by atoms with Crippen molar-refractivity contribution in [2.75, 3.05) is 49.0 Å². The van der Waals surface area contributed by atoms with Crippen molar-refractivity contribution >= 4 is 21.6 Å². The van der Waals surface area contributed by atoms with Crippen LogP contribution in [0, 0.1) is 0 Å². The molecule has 1 atom stereocenters. The molecule has 0 saturated carbocycles. The van der Waals surface area contributed by atoms with Crippen molar-refractivity contribution in [3.05, 3.63) is 30.5 Å². The average molecular weight is 393 g/mol. The topological polar surface area (TPSA) is 107 Å². The van der Waals surface area contributed by atoms with E-state index in [9.17, 15) is 8.42 Å². The molecule has 1 aliphatic heterocycles. The van der Waals surface area contributed by atoms with Crippen molar-refractivity contribution in [1.82, 2.24) is 15.2 Å². The number of benzene rings is 1. The smallest absolute Gasteiger partial charge is 0.244 e. The van der Waals surface area contributed by atoms with Gasteiger partial charge in [-0.1, -0.05) is 0 Å². The maximum Gasteiger partial charge on any atom is 0.244 e. The Labute approximate surface area is 158 Å². The summed E-state index contributed by atoms with van der Waals surface area (Å²) in [5, 5.41) is 11.0. The van der Waals surface area contributed by atoms with Crippen molar-refractivity contribution in [1.29, 1.82) is 0 Å². The van der Waals surface area contributed by atoms with Gasteiger partial charge in [0.25, 0.3) is 0 Å². The van der Waals surface area contributed by atoms with Gasteiger partial charge in [-0.25, -0.2) is 8.42 Å². The molecule has 1 fully saturated rings. The molecule has 27 heavy (non-hydrogen) atoms. The minimum atomic E-state index is -2.95. The van der Waals surface area contributed by atoms with Crippen LogP contribution in [0.25, 0.3) is 0 Å². The molecule has 0 radical (unpaired) electrons. The Morgan fingerprint density at radius 3 is 2.67 bits per heavy atom.